The number of rotatable bonds is 2. The van der Waals surface area contributed by atoms with Crippen LogP contribution < -0.4 is 5.32 Å². The summed E-state index contributed by atoms with van der Waals surface area (Å²) in [4.78, 5) is 1.30. The fraction of sp³-hybridized carbons (Fsp3) is 0.462. The third-order valence-electron chi connectivity index (χ3n) is 3.57. The van der Waals surface area contributed by atoms with Gasteiger partial charge in [-0.2, -0.15) is 5.10 Å². The van der Waals surface area contributed by atoms with E-state index in [0.717, 1.165) is 11.0 Å². The zero-order valence-electron chi connectivity index (χ0n) is 10.5. The number of aromatic nitrogens is 2. The molecule has 96 valence electrons. The first-order valence-electron chi connectivity index (χ1n) is 6.18. The molecule has 1 fully saturated rings. The Morgan fingerprint density at radius 3 is 3.00 bits per heavy atom. The Balaban J connectivity index is 2.11. The fourth-order valence-corrected chi connectivity index (χ4v) is 4.08. The number of hydrogen-bond acceptors (Lipinski definition) is 3. The molecular formula is C13H16BrN3S. The van der Waals surface area contributed by atoms with E-state index in [-0.39, 0.29) is 0 Å². The molecule has 3 nitrogen and oxygen atoms in total. The Kier molecular flexibility index (Phi) is 3.30. The van der Waals surface area contributed by atoms with E-state index in [1.165, 1.54) is 34.7 Å². The molecule has 1 N–H and O–H groups in total. The molecule has 1 aliphatic rings. The molecule has 18 heavy (non-hydrogen) atoms. The molecule has 0 aromatic carbocycles. The summed E-state index contributed by atoms with van der Waals surface area (Å²) in [5.74, 6) is 0. The second-order valence-corrected chi connectivity index (χ2v) is 6.57. The molecule has 0 saturated carbocycles. The van der Waals surface area contributed by atoms with Crippen molar-refractivity contribution < 1.29 is 0 Å². The first kappa shape index (κ1) is 12.4. The van der Waals surface area contributed by atoms with E-state index < -0.39 is 0 Å². The molecule has 5 heteroatoms. The summed E-state index contributed by atoms with van der Waals surface area (Å²) >= 11 is 5.31. The van der Waals surface area contributed by atoms with E-state index >= 15 is 0 Å². The van der Waals surface area contributed by atoms with E-state index in [4.69, 9.17) is 5.10 Å². The Hall–Kier alpha value is -0.650. The molecule has 2 aromatic rings. The molecule has 0 amide bonds. The summed E-state index contributed by atoms with van der Waals surface area (Å²) in [7, 11) is 2.03. The van der Waals surface area contributed by atoms with Crippen LogP contribution in [-0.2, 0) is 7.05 Å². The summed E-state index contributed by atoms with van der Waals surface area (Å²) in [6.45, 7) is 3.25. The Morgan fingerprint density at radius 2 is 2.39 bits per heavy atom. The zero-order chi connectivity index (χ0) is 12.7. The van der Waals surface area contributed by atoms with Gasteiger partial charge in [-0.3, -0.25) is 4.68 Å². The number of nitrogens with one attached hydrogen (secondary N) is 1. The van der Waals surface area contributed by atoms with Crippen LogP contribution in [0.1, 0.15) is 30.3 Å². The monoisotopic (exact) mass is 325 g/mol. The minimum atomic E-state index is 0.417. The fourth-order valence-electron chi connectivity index (χ4n) is 2.54. The molecule has 3 heterocycles. The van der Waals surface area contributed by atoms with E-state index in [0.29, 0.717) is 6.04 Å². The Bertz CT molecular complexity index is 567. The van der Waals surface area contributed by atoms with E-state index in [1.54, 1.807) is 11.3 Å². The minimum Gasteiger partial charge on any atom is -0.309 e. The van der Waals surface area contributed by atoms with Crippen LogP contribution in [0.25, 0.3) is 10.4 Å². The average Bonchev–Trinajstić information content (AvgIpc) is 3.02. The van der Waals surface area contributed by atoms with Crippen molar-refractivity contribution in [1.29, 1.82) is 0 Å². The van der Waals surface area contributed by atoms with Gasteiger partial charge in [0.05, 0.1) is 11.7 Å². The molecule has 1 aliphatic heterocycles. The van der Waals surface area contributed by atoms with Crippen LogP contribution in [0, 0.1) is 6.92 Å². The molecule has 1 saturated heterocycles. The van der Waals surface area contributed by atoms with E-state index in [9.17, 15) is 0 Å². The molecule has 0 spiro atoms. The maximum atomic E-state index is 4.72. The van der Waals surface area contributed by atoms with Crippen molar-refractivity contribution in [2.24, 2.45) is 7.05 Å². The van der Waals surface area contributed by atoms with Gasteiger partial charge in [-0.1, -0.05) is 0 Å². The predicted molar refractivity (Wildman–Crippen MR) is 78.9 cm³/mol. The second kappa shape index (κ2) is 4.79. The maximum Gasteiger partial charge on any atom is 0.0883 e. The minimum absolute atomic E-state index is 0.417. The van der Waals surface area contributed by atoms with Crippen LogP contribution in [0.15, 0.2) is 15.9 Å². The van der Waals surface area contributed by atoms with Gasteiger partial charge in [0.2, 0.25) is 0 Å². The standard InChI is InChI=1S/C13H16BrN3S/c1-8-12(11-6-9(14)7-18-11)13(16-17(8)2)10-4-3-5-15-10/h6-7,10,15H,3-5H2,1-2H3. The first-order valence-corrected chi connectivity index (χ1v) is 7.85. The highest BCUT2D eigenvalue weighted by Gasteiger charge is 2.25. The van der Waals surface area contributed by atoms with Crippen molar-refractivity contribution in [3.8, 4) is 10.4 Å². The first-order chi connectivity index (χ1) is 8.66. The molecule has 0 bridgehead atoms. The molecule has 1 atom stereocenters. The summed E-state index contributed by atoms with van der Waals surface area (Å²) in [6, 6.07) is 2.61. The molecule has 3 rings (SSSR count). The van der Waals surface area contributed by atoms with Crippen molar-refractivity contribution in [3.05, 3.63) is 27.3 Å². The highest BCUT2D eigenvalue weighted by atomic mass is 79.9. The highest BCUT2D eigenvalue weighted by molar-refractivity contribution is 9.10. The summed E-state index contributed by atoms with van der Waals surface area (Å²) in [6.07, 6.45) is 2.43. The van der Waals surface area contributed by atoms with Gasteiger partial charge < -0.3 is 5.32 Å². The van der Waals surface area contributed by atoms with Crippen molar-refractivity contribution in [1.82, 2.24) is 15.1 Å². The van der Waals surface area contributed by atoms with Gasteiger partial charge in [0.25, 0.3) is 0 Å². The quantitative estimate of drug-likeness (QED) is 0.913. The highest BCUT2D eigenvalue weighted by Crippen LogP contribution is 2.38. The van der Waals surface area contributed by atoms with Gasteiger partial charge in [0.15, 0.2) is 0 Å². The summed E-state index contributed by atoms with van der Waals surface area (Å²) in [5.41, 5.74) is 3.77. The van der Waals surface area contributed by atoms with Gasteiger partial charge in [0.1, 0.15) is 0 Å². The van der Waals surface area contributed by atoms with Crippen LogP contribution in [0.3, 0.4) is 0 Å². The number of thiophene rings is 1. The van der Waals surface area contributed by atoms with Gasteiger partial charge >= 0.3 is 0 Å². The lowest BCUT2D eigenvalue weighted by atomic mass is 10.0. The normalized spacial score (nSPS) is 19.6. The van der Waals surface area contributed by atoms with Crippen LogP contribution >= 0.6 is 27.3 Å². The number of halogens is 1. The largest absolute Gasteiger partial charge is 0.309 e. The van der Waals surface area contributed by atoms with Gasteiger partial charge in [-0.15, -0.1) is 11.3 Å². The van der Waals surface area contributed by atoms with Crippen LogP contribution in [0.5, 0.6) is 0 Å². The van der Waals surface area contributed by atoms with Crippen molar-refractivity contribution >= 4 is 27.3 Å². The molecule has 0 aliphatic carbocycles. The maximum absolute atomic E-state index is 4.72. The zero-order valence-corrected chi connectivity index (χ0v) is 12.9. The van der Waals surface area contributed by atoms with Crippen molar-refractivity contribution in [3.63, 3.8) is 0 Å². The average molecular weight is 326 g/mol. The topological polar surface area (TPSA) is 29.9 Å². The Labute approximate surface area is 119 Å². The molecular weight excluding hydrogens is 310 g/mol. The summed E-state index contributed by atoms with van der Waals surface area (Å²) < 4.78 is 3.15. The number of nitrogens with zero attached hydrogens (tertiary/aromatic N) is 2. The van der Waals surface area contributed by atoms with Crippen LogP contribution in [-0.4, -0.2) is 16.3 Å². The van der Waals surface area contributed by atoms with Crippen LogP contribution in [0.4, 0.5) is 0 Å². The lowest BCUT2D eigenvalue weighted by molar-refractivity contribution is 0.605. The lowest BCUT2D eigenvalue weighted by Crippen LogP contribution is -2.14. The smallest absolute Gasteiger partial charge is 0.0883 e. The van der Waals surface area contributed by atoms with Crippen molar-refractivity contribution in [2.45, 2.75) is 25.8 Å². The molecule has 1 unspecified atom stereocenters. The molecule has 2 aromatic heterocycles. The second-order valence-electron chi connectivity index (χ2n) is 4.75. The number of hydrogen-bond donors (Lipinski definition) is 1. The SMILES string of the molecule is Cc1c(-c2cc(Br)cs2)c(C2CCCN2)nn1C. The number of aryl methyl sites for hydroxylation is 1. The van der Waals surface area contributed by atoms with Crippen molar-refractivity contribution in [2.75, 3.05) is 6.54 Å². The van der Waals surface area contributed by atoms with Gasteiger partial charge in [-0.05, 0) is 48.3 Å². The summed E-state index contributed by atoms with van der Waals surface area (Å²) in [5, 5.41) is 10.4. The van der Waals surface area contributed by atoms with E-state index in [2.05, 4.69) is 39.6 Å². The lowest BCUT2D eigenvalue weighted by Gasteiger charge is -2.09. The van der Waals surface area contributed by atoms with Gasteiger partial charge in [-0.25, -0.2) is 0 Å². The predicted octanol–water partition coefficient (Wildman–Crippen LogP) is 3.64. The van der Waals surface area contributed by atoms with Crippen LogP contribution in [0.2, 0.25) is 0 Å². The Morgan fingerprint density at radius 1 is 1.56 bits per heavy atom. The van der Waals surface area contributed by atoms with Gasteiger partial charge in [0, 0.05) is 33.0 Å². The third-order valence-corrected chi connectivity index (χ3v) is 5.27. The molecule has 0 radical (unpaired) electrons. The van der Waals surface area contributed by atoms with E-state index in [1.807, 2.05) is 11.7 Å². The third kappa shape index (κ3) is 2.04.